The zero-order valence-corrected chi connectivity index (χ0v) is 15.5. The number of anilines is 1. The van der Waals surface area contributed by atoms with E-state index in [4.69, 9.17) is 21.3 Å². The summed E-state index contributed by atoms with van der Waals surface area (Å²) in [6, 6.07) is 3.93. The Bertz CT molecular complexity index is 916. The van der Waals surface area contributed by atoms with Crippen LogP contribution in [0.3, 0.4) is 0 Å². The van der Waals surface area contributed by atoms with Gasteiger partial charge in [-0.25, -0.2) is 19.3 Å². The van der Waals surface area contributed by atoms with Gasteiger partial charge in [-0.2, -0.15) is 0 Å². The minimum absolute atomic E-state index is 0.0847. The zero-order valence-electron chi connectivity index (χ0n) is 14.7. The predicted molar refractivity (Wildman–Crippen MR) is 99.7 cm³/mol. The maximum absolute atomic E-state index is 14.1. The SMILES string of the molecule is COC1=CC=C(F)CC1(C)[C@H]1CCCN1c1ccc2ncnc(Cl)c2n1. The fraction of sp³-hybridized carbons (Fsp3) is 0.421. The van der Waals surface area contributed by atoms with Crippen molar-refractivity contribution in [1.29, 1.82) is 0 Å². The normalized spacial score (nSPS) is 26.0. The van der Waals surface area contributed by atoms with Crippen molar-refractivity contribution in [3.8, 4) is 0 Å². The number of hydrogen-bond donors (Lipinski definition) is 0. The molecule has 1 fully saturated rings. The van der Waals surface area contributed by atoms with Crippen LogP contribution in [0, 0.1) is 5.41 Å². The molecule has 0 saturated carbocycles. The number of fused-ring (bicyclic) bond motifs is 1. The predicted octanol–water partition coefficient (Wildman–Crippen LogP) is 4.44. The molecule has 1 saturated heterocycles. The number of ether oxygens (including phenoxy) is 1. The van der Waals surface area contributed by atoms with E-state index in [1.807, 2.05) is 12.1 Å². The van der Waals surface area contributed by atoms with Crippen molar-refractivity contribution in [3.63, 3.8) is 0 Å². The number of hydrogen-bond acceptors (Lipinski definition) is 5. The molecule has 0 amide bonds. The lowest BCUT2D eigenvalue weighted by atomic mass is 9.73. The van der Waals surface area contributed by atoms with Crippen LogP contribution in [-0.4, -0.2) is 34.6 Å². The molecule has 0 radical (unpaired) electrons. The molecular formula is C19H20ClFN4O. The van der Waals surface area contributed by atoms with Crippen molar-refractivity contribution in [1.82, 2.24) is 15.0 Å². The molecule has 1 aliphatic carbocycles. The first-order valence-corrected chi connectivity index (χ1v) is 9.05. The molecule has 7 heteroatoms. The first-order chi connectivity index (χ1) is 12.5. The Labute approximate surface area is 156 Å². The fourth-order valence-electron chi connectivity index (χ4n) is 4.20. The largest absolute Gasteiger partial charge is 0.500 e. The van der Waals surface area contributed by atoms with Gasteiger partial charge in [-0.3, -0.25) is 0 Å². The number of nitrogens with zero attached hydrogens (tertiary/aromatic N) is 4. The van der Waals surface area contributed by atoms with Crippen LogP contribution in [0.4, 0.5) is 10.2 Å². The minimum Gasteiger partial charge on any atom is -0.500 e. The van der Waals surface area contributed by atoms with Gasteiger partial charge in [-0.15, -0.1) is 0 Å². The van der Waals surface area contributed by atoms with E-state index in [0.29, 0.717) is 22.6 Å². The molecule has 0 bridgehead atoms. The van der Waals surface area contributed by atoms with Gasteiger partial charge in [-0.1, -0.05) is 18.5 Å². The van der Waals surface area contributed by atoms with Crippen molar-refractivity contribution in [2.24, 2.45) is 5.41 Å². The van der Waals surface area contributed by atoms with Crippen LogP contribution in [-0.2, 0) is 4.74 Å². The molecule has 2 aliphatic rings. The van der Waals surface area contributed by atoms with E-state index in [2.05, 4.69) is 21.8 Å². The molecule has 1 unspecified atom stereocenters. The molecule has 2 atom stereocenters. The summed E-state index contributed by atoms with van der Waals surface area (Å²) in [5.41, 5.74) is 0.845. The molecule has 0 aromatic carbocycles. The quantitative estimate of drug-likeness (QED) is 0.743. The number of aromatic nitrogens is 3. The van der Waals surface area contributed by atoms with Crippen molar-refractivity contribution >= 4 is 28.5 Å². The third-order valence-corrected chi connectivity index (χ3v) is 5.72. The second kappa shape index (κ2) is 6.50. The summed E-state index contributed by atoms with van der Waals surface area (Å²) in [5, 5.41) is 0.336. The molecule has 3 heterocycles. The van der Waals surface area contributed by atoms with E-state index in [-0.39, 0.29) is 11.9 Å². The molecule has 136 valence electrons. The lowest BCUT2D eigenvalue weighted by Gasteiger charge is -2.42. The highest BCUT2D eigenvalue weighted by atomic mass is 35.5. The van der Waals surface area contributed by atoms with Crippen LogP contribution in [0.25, 0.3) is 11.0 Å². The standard InChI is InChI=1S/C19H20ClFN4O/c1-19(10-12(21)5-7-15(19)26-2)14-4-3-9-25(14)16-8-6-13-17(24-16)18(20)23-11-22-13/h5-8,11,14H,3-4,9-10H2,1-2H3/t14-,19?/m1/s1. The van der Waals surface area contributed by atoms with Gasteiger partial charge in [0, 0.05) is 19.0 Å². The van der Waals surface area contributed by atoms with Crippen molar-refractivity contribution in [2.75, 3.05) is 18.6 Å². The monoisotopic (exact) mass is 374 g/mol. The molecule has 2 aromatic heterocycles. The van der Waals surface area contributed by atoms with Crippen molar-refractivity contribution in [2.45, 2.75) is 32.2 Å². The summed E-state index contributed by atoms with van der Waals surface area (Å²) in [7, 11) is 1.64. The van der Waals surface area contributed by atoms with Gasteiger partial charge in [-0.05, 0) is 37.1 Å². The number of methoxy groups -OCH3 is 1. The minimum atomic E-state index is -0.447. The van der Waals surface area contributed by atoms with Gasteiger partial charge in [0.05, 0.1) is 18.0 Å². The molecule has 4 rings (SSSR count). The number of allylic oxidation sites excluding steroid dienone is 3. The zero-order chi connectivity index (χ0) is 18.3. The molecule has 26 heavy (non-hydrogen) atoms. The Hall–Kier alpha value is -2.21. The van der Waals surface area contributed by atoms with Crippen LogP contribution in [0.5, 0.6) is 0 Å². The lowest BCUT2D eigenvalue weighted by molar-refractivity contribution is 0.145. The Morgan fingerprint density at radius 1 is 1.31 bits per heavy atom. The third kappa shape index (κ3) is 2.72. The maximum Gasteiger partial charge on any atom is 0.158 e. The Kier molecular flexibility index (Phi) is 4.31. The van der Waals surface area contributed by atoms with Crippen LogP contribution in [0.2, 0.25) is 5.15 Å². The smallest absolute Gasteiger partial charge is 0.158 e. The summed E-state index contributed by atoms with van der Waals surface area (Å²) in [6.07, 6.45) is 6.95. The van der Waals surface area contributed by atoms with Crippen LogP contribution in [0.1, 0.15) is 26.2 Å². The first-order valence-electron chi connectivity index (χ1n) is 8.67. The van der Waals surface area contributed by atoms with Crippen LogP contribution < -0.4 is 4.90 Å². The highest BCUT2D eigenvalue weighted by Gasteiger charge is 2.46. The first kappa shape index (κ1) is 17.2. The van der Waals surface area contributed by atoms with Crippen molar-refractivity contribution in [3.05, 3.63) is 47.4 Å². The average molecular weight is 375 g/mol. The second-order valence-electron chi connectivity index (χ2n) is 7.00. The summed E-state index contributed by atoms with van der Waals surface area (Å²) < 4.78 is 19.7. The topological polar surface area (TPSA) is 51.1 Å². The highest BCUT2D eigenvalue weighted by molar-refractivity contribution is 6.33. The number of pyridine rings is 1. The summed E-state index contributed by atoms with van der Waals surface area (Å²) in [5.74, 6) is 1.49. The summed E-state index contributed by atoms with van der Waals surface area (Å²) in [6.45, 7) is 2.92. The molecule has 0 spiro atoms. The fourth-order valence-corrected chi connectivity index (χ4v) is 4.38. The number of rotatable bonds is 3. The van der Waals surface area contributed by atoms with E-state index in [1.165, 1.54) is 12.4 Å². The summed E-state index contributed by atoms with van der Waals surface area (Å²) >= 11 is 6.19. The van der Waals surface area contributed by atoms with E-state index in [1.54, 1.807) is 13.2 Å². The lowest BCUT2D eigenvalue weighted by Crippen LogP contribution is -2.45. The van der Waals surface area contributed by atoms with Crippen LogP contribution in [0.15, 0.2) is 42.2 Å². The van der Waals surface area contributed by atoms with Gasteiger partial charge < -0.3 is 9.64 Å². The van der Waals surface area contributed by atoms with Gasteiger partial charge in [0.2, 0.25) is 0 Å². The number of halogens is 2. The van der Waals surface area contributed by atoms with E-state index in [9.17, 15) is 4.39 Å². The Morgan fingerprint density at radius 2 is 2.15 bits per heavy atom. The molecule has 5 nitrogen and oxygen atoms in total. The third-order valence-electron chi connectivity index (χ3n) is 5.44. The van der Waals surface area contributed by atoms with E-state index in [0.717, 1.165) is 31.0 Å². The van der Waals surface area contributed by atoms with E-state index < -0.39 is 5.41 Å². The Balaban J connectivity index is 1.74. The van der Waals surface area contributed by atoms with Gasteiger partial charge >= 0.3 is 0 Å². The molecule has 2 aromatic rings. The van der Waals surface area contributed by atoms with Gasteiger partial charge in [0.15, 0.2) is 5.15 Å². The molecule has 1 aliphatic heterocycles. The average Bonchev–Trinajstić information content (AvgIpc) is 3.12. The molecular weight excluding hydrogens is 355 g/mol. The second-order valence-corrected chi connectivity index (χ2v) is 7.35. The van der Waals surface area contributed by atoms with E-state index >= 15 is 0 Å². The summed E-state index contributed by atoms with van der Waals surface area (Å²) in [4.78, 5) is 15.2. The highest BCUT2D eigenvalue weighted by Crippen LogP contribution is 2.47. The van der Waals surface area contributed by atoms with Gasteiger partial charge in [0.1, 0.15) is 29.2 Å². The van der Waals surface area contributed by atoms with Crippen molar-refractivity contribution < 1.29 is 9.13 Å². The maximum atomic E-state index is 14.1. The molecule has 0 N–H and O–H groups in total. The van der Waals surface area contributed by atoms with Gasteiger partial charge in [0.25, 0.3) is 0 Å². The van der Waals surface area contributed by atoms with Crippen LogP contribution >= 0.6 is 11.6 Å². The Morgan fingerprint density at radius 3 is 2.96 bits per heavy atom.